The molecule has 0 bridgehead atoms. The summed E-state index contributed by atoms with van der Waals surface area (Å²) in [5.41, 5.74) is 1.58. The van der Waals surface area contributed by atoms with Crippen LogP contribution in [0.2, 0.25) is 0 Å². The van der Waals surface area contributed by atoms with Gasteiger partial charge in [-0.2, -0.15) is 0 Å². The predicted octanol–water partition coefficient (Wildman–Crippen LogP) is 4.64. The number of hydrogen-bond donors (Lipinski definition) is 1. The molecule has 0 aromatic heterocycles. The van der Waals surface area contributed by atoms with Gasteiger partial charge in [-0.05, 0) is 69.4 Å². The summed E-state index contributed by atoms with van der Waals surface area (Å²) < 4.78 is 5.58. The Morgan fingerprint density at radius 1 is 0.971 bits per heavy atom. The van der Waals surface area contributed by atoms with Crippen molar-refractivity contribution in [3.63, 3.8) is 0 Å². The summed E-state index contributed by atoms with van der Waals surface area (Å²) in [6.07, 6.45) is 6.84. The molecule has 1 unspecified atom stereocenters. The van der Waals surface area contributed by atoms with E-state index in [1.165, 1.54) is 30.6 Å². The average molecular weight is 464 g/mol. The van der Waals surface area contributed by atoms with Gasteiger partial charge in [0.2, 0.25) is 0 Å². The van der Waals surface area contributed by atoms with Crippen LogP contribution in [-0.2, 0) is 16.1 Å². The second kappa shape index (κ2) is 12.1. The Bertz CT molecular complexity index is 907. The number of hydrogen-bond acceptors (Lipinski definition) is 5. The number of rotatable bonds is 9. The molecule has 6 nitrogen and oxygen atoms in total. The highest BCUT2D eigenvalue weighted by atomic mass is 16.6. The fraction of sp³-hybridized carbons (Fsp3) is 0.500. The Balaban J connectivity index is 1.39. The Labute approximate surface area is 203 Å². The average Bonchev–Trinajstić information content (AvgIpc) is 3.43. The third-order valence-electron chi connectivity index (χ3n) is 7.35. The summed E-state index contributed by atoms with van der Waals surface area (Å²) in [6.45, 7) is 2.28. The number of para-hydroxylation sites is 1. The third-order valence-corrected chi connectivity index (χ3v) is 7.35. The number of nitrogens with one attached hydrogen (secondary N) is 1. The number of piperidine rings is 1. The van der Waals surface area contributed by atoms with Gasteiger partial charge in [-0.25, -0.2) is 4.79 Å². The first-order chi connectivity index (χ1) is 16.7. The molecule has 1 saturated carbocycles. The van der Waals surface area contributed by atoms with E-state index in [0.29, 0.717) is 5.69 Å². The maximum Gasteiger partial charge on any atom is 0.415 e. The summed E-state index contributed by atoms with van der Waals surface area (Å²) in [5, 5.41) is 3.26. The first-order valence-electron chi connectivity index (χ1n) is 12.6. The van der Waals surface area contributed by atoms with Gasteiger partial charge in [-0.3, -0.25) is 9.69 Å². The van der Waals surface area contributed by atoms with Gasteiger partial charge in [0.05, 0.1) is 12.6 Å². The van der Waals surface area contributed by atoms with Gasteiger partial charge in [0.25, 0.3) is 0 Å². The number of likely N-dealkylation sites (N-methyl/N-ethyl adjacent to an activating group) is 1. The molecule has 0 spiro atoms. The maximum atomic E-state index is 13.4. The number of carbonyl (C=O) groups excluding carboxylic acids is 2. The highest BCUT2D eigenvalue weighted by Gasteiger charge is 2.34. The van der Waals surface area contributed by atoms with E-state index in [-0.39, 0.29) is 30.9 Å². The van der Waals surface area contributed by atoms with Crippen LogP contribution in [0.15, 0.2) is 60.7 Å². The summed E-state index contributed by atoms with van der Waals surface area (Å²) in [7, 11) is 1.85. The smallest absolute Gasteiger partial charge is 0.415 e. The molecule has 2 aromatic carbocycles. The van der Waals surface area contributed by atoms with Crippen LogP contribution >= 0.6 is 0 Å². The summed E-state index contributed by atoms with van der Waals surface area (Å²) in [6, 6.07) is 19.4. The number of carbonyl (C=O) groups is 2. The number of anilines is 1. The van der Waals surface area contributed by atoms with Crippen LogP contribution < -0.4 is 10.2 Å². The van der Waals surface area contributed by atoms with E-state index in [0.717, 1.165) is 37.5 Å². The lowest BCUT2D eigenvalue weighted by molar-refractivity contribution is -0.121. The fourth-order valence-corrected chi connectivity index (χ4v) is 5.47. The molecule has 0 radical (unpaired) electrons. The second-order valence-electron chi connectivity index (χ2n) is 9.51. The Kier molecular flexibility index (Phi) is 8.72. The molecule has 34 heavy (non-hydrogen) atoms. The number of ketones is 1. The lowest BCUT2D eigenvalue weighted by Gasteiger charge is -2.38. The minimum absolute atomic E-state index is 0.00795. The zero-order valence-corrected chi connectivity index (χ0v) is 20.2. The van der Waals surface area contributed by atoms with Crippen molar-refractivity contribution in [3.8, 4) is 0 Å². The van der Waals surface area contributed by atoms with E-state index in [9.17, 15) is 9.59 Å². The number of ether oxygens (including phenoxy) is 1. The third kappa shape index (κ3) is 6.24. The topological polar surface area (TPSA) is 61.9 Å². The van der Waals surface area contributed by atoms with Crippen molar-refractivity contribution in [2.75, 3.05) is 31.6 Å². The van der Waals surface area contributed by atoms with Crippen molar-refractivity contribution in [2.24, 2.45) is 5.92 Å². The van der Waals surface area contributed by atoms with Crippen LogP contribution in [0.1, 0.15) is 44.1 Å². The van der Waals surface area contributed by atoms with Crippen molar-refractivity contribution < 1.29 is 14.3 Å². The van der Waals surface area contributed by atoms with Gasteiger partial charge in [-0.15, -0.1) is 0 Å². The van der Waals surface area contributed by atoms with Crippen LogP contribution in [0.4, 0.5) is 10.5 Å². The van der Waals surface area contributed by atoms with E-state index < -0.39 is 6.09 Å². The lowest BCUT2D eigenvalue weighted by Crippen LogP contribution is -2.51. The van der Waals surface area contributed by atoms with Gasteiger partial charge >= 0.3 is 6.09 Å². The molecular formula is C28H37N3O3. The van der Waals surface area contributed by atoms with Gasteiger partial charge in [0, 0.05) is 11.7 Å². The van der Waals surface area contributed by atoms with Gasteiger partial charge in [0.1, 0.15) is 6.61 Å². The largest absolute Gasteiger partial charge is 0.444 e. The molecule has 1 atom stereocenters. The van der Waals surface area contributed by atoms with E-state index in [1.54, 1.807) is 0 Å². The molecule has 1 aliphatic carbocycles. The molecular weight excluding hydrogens is 426 g/mol. The second-order valence-corrected chi connectivity index (χ2v) is 9.51. The molecule has 1 heterocycles. The zero-order valence-electron chi connectivity index (χ0n) is 20.2. The van der Waals surface area contributed by atoms with Crippen LogP contribution in [0, 0.1) is 5.92 Å². The highest BCUT2D eigenvalue weighted by molar-refractivity contribution is 5.97. The van der Waals surface area contributed by atoms with Crippen molar-refractivity contribution in [3.05, 3.63) is 66.2 Å². The molecule has 182 valence electrons. The van der Waals surface area contributed by atoms with Crippen LogP contribution in [-0.4, -0.2) is 55.5 Å². The zero-order chi connectivity index (χ0) is 23.8. The normalized spacial score (nSPS) is 18.5. The van der Waals surface area contributed by atoms with Crippen LogP contribution in [0.5, 0.6) is 0 Å². The maximum absolute atomic E-state index is 13.4. The molecule has 1 saturated heterocycles. The molecule has 2 fully saturated rings. The van der Waals surface area contributed by atoms with Crippen molar-refractivity contribution in [1.82, 2.24) is 10.2 Å². The van der Waals surface area contributed by atoms with Crippen molar-refractivity contribution in [1.29, 1.82) is 0 Å². The van der Waals surface area contributed by atoms with Crippen molar-refractivity contribution >= 4 is 17.6 Å². The van der Waals surface area contributed by atoms with Gasteiger partial charge in [-0.1, -0.05) is 61.4 Å². The van der Waals surface area contributed by atoms with Crippen molar-refractivity contribution in [2.45, 2.75) is 57.2 Å². The summed E-state index contributed by atoms with van der Waals surface area (Å²) >= 11 is 0. The number of benzene rings is 2. The fourth-order valence-electron chi connectivity index (χ4n) is 5.47. The molecule has 1 N–H and O–H groups in total. The Morgan fingerprint density at radius 2 is 1.59 bits per heavy atom. The molecule has 2 aromatic rings. The predicted molar refractivity (Wildman–Crippen MR) is 135 cm³/mol. The van der Waals surface area contributed by atoms with Gasteiger partial charge in [0.15, 0.2) is 5.78 Å². The lowest BCUT2D eigenvalue weighted by atomic mass is 9.86. The van der Waals surface area contributed by atoms with E-state index in [4.69, 9.17) is 4.74 Å². The molecule has 2 aliphatic rings. The number of nitrogens with zero attached hydrogens (tertiary/aromatic N) is 2. The summed E-state index contributed by atoms with van der Waals surface area (Å²) in [5.74, 6) is 0.315. The Morgan fingerprint density at radius 3 is 2.21 bits per heavy atom. The van der Waals surface area contributed by atoms with E-state index >= 15 is 0 Å². The summed E-state index contributed by atoms with van der Waals surface area (Å²) in [4.78, 5) is 30.6. The first-order valence-corrected chi connectivity index (χ1v) is 12.6. The van der Waals surface area contributed by atoms with Gasteiger partial charge < -0.3 is 15.0 Å². The standard InChI is InChI=1S/C28H37N3O3/c1-29-27(23-16-18-30(19-17-23)24-12-8-9-13-24)26(32)20-31(25-14-6-3-7-15-25)28(33)34-21-22-10-4-2-5-11-22/h2-7,10-11,14-15,23-24,27,29H,8-9,12-13,16-21H2,1H3. The molecule has 4 rings (SSSR count). The minimum Gasteiger partial charge on any atom is -0.444 e. The molecule has 1 aliphatic heterocycles. The monoisotopic (exact) mass is 463 g/mol. The number of amides is 1. The van der Waals surface area contributed by atoms with Crippen LogP contribution in [0.25, 0.3) is 0 Å². The van der Waals surface area contributed by atoms with E-state index in [1.807, 2.05) is 67.7 Å². The number of likely N-dealkylation sites (tertiary alicyclic amines) is 1. The SMILES string of the molecule is CNC(C(=O)CN(C(=O)OCc1ccccc1)c1ccccc1)C1CCN(C2CCCC2)CC1. The van der Waals surface area contributed by atoms with E-state index in [2.05, 4.69) is 10.2 Å². The molecule has 1 amide bonds. The minimum atomic E-state index is -0.505. The quantitative estimate of drug-likeness (QED) is 0.587. The first kappa shape index (κ1) is 24.4. The molecule has 6 heteroatoms. The number of Topliss-reactive ketones (excluding diaryl/α,β-unsaturated/α-hetero) is 1. The Hall–Kier alpha value is -2.70. The highest BCUT2D eigenvalue weighted by Crippen LogP contribution is 2.29. The van der Waals surface area contributed by atoms with Crippen LogP contribution in [0.3, 0.4) is 0 Å².